The maximum Gasteiger partial charge on any atom is 0.127 e. The van der Waals surface area contributed by atoms with Crippen LogP contribution in [0.1, 0.15) is 16.8 Å². The summed E-state index contributed by atoms with van der Waals surface area (Å²) < 4.78 is 13.6. The van der Waals surface area contributed by atoms with Crippen molar-refractivity contribution in [3.63, 3.8) is 0 Å². The summed E-state index contributed by atoms with van der Waals surface area (Å²) in [5.41, 5.74) is 3.20. The quantitative estimate of drug-likeness (QED) is 0.865. The number of halogens is 1. The standard InChI is InChI=1S/C13H14BrN3O2/c1-18-8-12-7-17(16-15-12)6-10-5-11(14)4-9-2-3-19-13(9)10/h4-5,7H,2-3,6,8H2,1H3. The van der Waals surface area contributed by atoms with E-state index < -0.39 is 0 Å². The zero-order valence-electron chi connectivity index (χ0n) is 10.6. The number of benzene rings is 1. The molecule has 0 amide bonds. The topological polar surface area (TPSA) is 49.2 Å². The zero-order chi connectivity index (χ0) is 13.2. The van der Waals surface area contributed by atoms with Gasteiger partial charge in [0.05, 0.1) is 26.0 Å². The minimum atomic E-state index is 0.479. The van der Waals surface area contributed by atoms with Gasteiger partial charge in [0.1, 0.15) is 11.4 Å². The first kappa shape index (κ1) is 12.6. The van der Waals surface area contributed by atoms with E-state index in [0.717, 1.165) is 34.5 Å². The van der Waals surface area contributed by atoms with E-state index in [0.29, 0.717) is 13.2 Å². The first-order valence-electron chi connectivity index (χ1n) is 6.08. The molecular weight excluding hydrogens is 310 g/mol. The molecule has 1 aromatic carbocycles. The van der Waals surface area contributed by atoms with Crippen LogP contribution in [0.4, 0.5) is 0 Å². The highest BCUT2D eigenvalue weighted by Gasteiger charge is 2.18. The summed E-state index contributed by atoms with van der Waals surface area (Å²) >= 11 is 3.54. The molecule has 19 heavy (non-hydrogen) atoms. The number of methoxy groups -OCH3 is 1. The molecule has 0 spiro atoms. The second-order valence-electron chi connectivity index (χ2n) is 4.49. The van der Waals surface area contributed by atoms with E-state index in [1.54, 1.807) is 11.8 Å². The van der Waals surface area contributed by atoms with Crippen molar-refractivity contribution in [2.45, 2.75) is 19.6 Å². The van der Waals surface area contributed by atoms with Gasteiger partial charge in [-0.1, -0.05) is 21.1 Å². The van der Waals surface area contributed by atoms with Gasteiger partial charge in [0, 0.05) is 23.6 Å². The minimum Gasteiger partial charge on any atom is -0.493 e. The van der Waals surface area contributed by atoms with E-state index in [1.807, 2.05) is 6.20 Å². The Labute approximate surface area is 119 Å². The fourth-order valence-corrected chi connectivity index (χ4v) is 2.82. The van der Waals surface area contributed by atoms with Crippen molar-refractivity contribution in [3.05, 3.63) is 39.6 Å². The number of nitrogens with zero attached hydrogens (tertiary/aromatic N) is 3. The van der Waals surface area contributed by atoms with Crippen LogP contribution in [0, 0.1) is 0 Å². The van der Waals surface area contributed by atoms with E-state index in [4.69, 9.17) is 9.47 Å². The zero-order valence-corrected chi connectivity index (χ0v) is 12.2. The summed E-state index contributed by atoms with van der Waals surface area (Å²) in [5.74, 6) is 0.993. The van der Waals surface area contributed by atoms with Crippen molar-refractivity contribution >= 4 is 15.9 Å². The largest absolute Gasteiger partial charge is 0.493 e. The smallest absolute Gasteiger partial charge is 0.127 e. The fourth-order valence-electron chi connectivity index (χ4n) is 2.27. The molecule has 0 N–H and O–H groups in total. The van der Waals surface area contributed by atoms with Crippen molar-refractivity contribution in [3.8, 4) is 5.75 Å². The van der Waals surface area contributed by atoms with E-state index in [9.17, 15) is 0 Å². The van der Waals surface area contributed by atoms with Crippen LogP contribution in [0.2, 0.25) is 0 Å². The van der Waals surface area contributed by atoms with E-state index >= 15 is 0 Å². The number of aromatic nitrogens is 3. The maximum atomic E-state index is 5.70. The Bertz CT molecular complexity index is 598. The summed E-state index contributed by atoms with van der Waals surface area (Å²) in [7, 11) is 1.65. The highest BCUT2D eigenvalue weighted by Crippen LogP contribution is 2.33. The number of fused-ring (bicyclic) bond motifs is 1. The lowest BCUT2D eigenvalue weighted by Gasteiger charge is -2.08. The van der Waals surface area contributed by atoms with Gasteiger partial charge in [-0.05, 0) is 17.7 Å². The molecule has 5 nitrogen and oxygen atoms in total. The van der Waals surface area contributed by atoms with E-state index in [-0.39, 0.29) is 0 Å². The molecule has 0 bridgehead atoms. The van der Waals surface area contributed by atoms with Crippen LogP contribution in [-0.4, -0.2) is 28.7 Å². The van der Waals surface area contributed by atoms with E-state index in [2.05, 4.69) is 38.4 Å². The molecule has 1 aliphatic heterocycles. The molecular formula is C13H14BrN3O2. The first-order valence-corrected chi connectivity index (χ1v) is 6.87. The van der Waals surface area contributed by atoms with Crippen molar-refractivity contribution in [1.82, 2.24) is 15.0 Å². The summed E-state index contributed by atoms with van der Waals surface area (Å²) in [6.07, 6.45) is 2.86. The fraction of sp³-hybridized carbons (Fsp3) is 0.385. The van der Waals surface area contributed by atoms with Gasteiger partial charge in [0.2, 0.25) is 0 Å². The van der Waals surface area contributed by atoms with Crippen molar-refractivity contribution in [2.24, 2.45) is 0 Å². The lowest BCUT2D eigenvalue weighted by Crippen LogP contribution is -2.02. The van der Waals surface area contributed by atoms with Crippen LogP contribution in [0.3, 0.4) is 0 Å². The summed E-state index contributed by atoms with van der Waals surface area (Å²) in [6.45, 7) is 1.89. The van der Waals surface area contributed by atoms with Crippen LogP contribution in [-0.2, 0) is 24.3 Å². The van der Waals surface area contributed by atoms with Crippen molar-refractivity contribution < 1.29 is 9.47 Å². The number of rotatable bonds is 4. The Morgan fingerprint density at radius 2 is 2.37 bits per heavy atom. The molecule has 6 heteroatoms. The van der Waals surface area contributed by atoms with Gasteiger partial charge < -0.3 is 9.47 Å². The second kappa shape index (κ2) is 5.30. The molecule has 2 aromatic rings. The van der Waals surface area contributed by atoms with Gasteiger partial charge in [-0.15, -0.1) is 5.10 Å². The Morgan fingerprint density at radius 1 is 1.47 bits per heavy atom. The molecule has 0 saturated carbocycles. The monoisotopic (exact) mass is 323 g/mol. The molecule has 2 heterocycles. The lowest BCUT2D eigenvalue weighted by molar-refractivity contribution is 0.181. The van der Waals surface area contributed by atoms with Crippen LogP contribution in [0.15, 0.2) is 22.8 Å². The molecule has 1 aliphatic rings. The third-order valence-corrected chi connectivity index (χ3v) is 3.49. The Kier molecular flexibility index (Phi) is 3.52. The van der Waals surface area contributed by atoms with Crippen molar-refractivity contribution in [1.29, 1.82) is 0 Å². The second-order valence-corrected chi connectivity index (χ2v) is 5.41. The van der Waals surface area contributed by atoms with Crippen LogP contribution < -0.4 is 4.74 Å². The number of ether oxygens (including phenoxy) is 2. The van der Waals surface area contributed by atoms with Gasteiger partial charge in [0.25, 0.3) is 0 Å². The molecule has 0 atom stereocenters. The van der Waals surface area contributed by atoms with Crippen LogP contribution in [0.25, 0.3) is 0 Å². The molecule has 0 fully saturated rings. The molecule has 0 radical (unpaired) electrons. The SMILES string of the molecule is COCc1cn(Cc2cc(Br)cc3c2OCC3)nn1. The first-order chi connectivity index (χ1) is 9.26. The molecule has 1 aromatic heterocycles. The number of hydrogen-bond donors (Lipinski definition) is 0. The Hall–Kier alpha value is -1.40. The Morgan fingerprint density at radius 3 is 3.21 bits per heavy atom. The summed E-state index contributed by atoms with van der Waals surface area (Å²) in [6, 6.07) is 4.19. The summed E-state index contributed by atoms with van der Waals surface area (Å²) in [4.78, 5) is 0. The Balaban J connectivity index is 1.86. The highest BCUT2D eigenvalue weighted by molar-refractivity contribution is 9.10. The predicted molar refractivity (Wildman–Crippen MR) is 73.2 cm³/mol. The molecule has 0 unspecified atom stereocenters. The average molecular weight is 324 g/mol. The van der Waals surface area contributed by atoms with Crippen LogP contribution in [0.5, 0.6) is 5.75 Å². The normalized spacial score (nSPS) is 13.4. The number of hydrogen-bond acceptors (Lipinski definition) is 4. The molecule has 3 rings (SSSR count). The van der Waals surface area contributed by atoms with Gasteiger partial charge in [-0.25, -0.2) is 4.68 Å². The minimum absolute atomic E-state index is 0.479. The van der Waals surface area contributed by atoms with Crippen LogP contribution >= 0.6 is 15.9 Å². The third-order valence-electron chi connectivity index (χ3n) is 3.04. The predicted octanol–water partition coefficient (Wildman–Crippen LogP) is 2.17. The maximum absolute atomic E-state index is 5.70. The van der Waals surface area contributed by atoms with Gasteiger partial charge in [0.15, 0.2) is 0 Å². The van der Waals surface area contributed by atoms with Gasteiger partial charge in [-0.2, -0.15) is 0 Å². The third kappa shape index (κ3) is 2.64. The summed E-state index contributed by atoms with van der Waals surface area (Å²) in [5, 5.41) is 8.15. The molecule has 100 valence electrons. The average Bonchev–Trinajstić information content (AvgIpc) is 2.98. The molecule has 0 aliphatic carbocycles. The van der Waals surface area contributed by atoms with E-state index in [1.165, 1.54) is 5.56 Å². The lowest BCUT2D eigenvalue weighted by atomic mass is 10.1. The van der Waals surface area contributed by atoms with Gasteiger partial charge in [-0.3, -0.25) is 0 Å². The van der Waals surface area contributed by atoms with Crippen molar-refractivity contribution in [2.75, 3.05) is 13.7 Å². The molecule has 0 saturated heterocycles. The van der Waals surface area contributed by atoms with Gasteiger partial charge >= 0.3 is 0 Å². The highest BCUT2D eigenvalue weighted by atomic mass is 79.9.